The van der Waals surface area contributed by atoms with Crippen LogP contribution in [0, 0.1) is 6.92 Å². The SMILES string of the molecule is C[N+](C)(C)C.Cc1ccc(S(=O)(=O)O)cc1.[Cl-]. The van der Waals surface area contributed by atoms with Crippen LogP contribution >= 0.6 is 0 Å². The lowest BCUT2D eigenvalue weighted by Gasteiger charge is -2.14. The van der Waals surface area contributed by atoms with Crippen LogP contribution in [0.25, 0.3) is 0 Å². The largest absolute Gasteiger partial charge is 1.00 e. The van der Waals surface area contributed by atoms with E-state index >= 15 is 0 Å². The first kappa shape index (κ1) is 18.7. The molecule has 0 saturated heterocycles. The molecule has 4 nitrogen and oxygen atoms in total. The third-order valence-electron chi connectivity index (χ3n) is 1.32. The third-order valence-corrected chi connectivity index (χ3v) is 2.19. The quantitative estimate of drug-likeness (QED) is 0.507. The minimum absolute atomic E-state index is 0. The van der Waals surface area contributed by atoms with Gasteiger partial charge in [-0.2, -0.15) is 8.42 Å². The van der Waals surface area contributed by atoms with Gasteiger partial charge >= 0.3 is 0 Å². The zero-order valence-electron chi connectivity index (χ0n) is 10.8. The maximum absolute atomic E-state index is 10.5. The lowest BCUT2D eigenvalue weighted by Crippen LogP contribution is -3.00. The van der Waals surface area contributed by atoms with E-state index in [2.05, 4.69) is 28.2 Å². The van der Waals surface area contributed by atoms with Crippen molar-refractivity contribution in [3.05, 3.63) is 29.8 Å². The molecule has 6 heteroatoms. The Morgan fingerprint density at radius 2 is 1.29 bits per heavy atom. The average Bonchev–Trinajstić information content (AvgIpc) is 1.99. The van der Waals surface area contributed by atoms with Gasteiger partial charge in [-0.15, -0.1) is 0 Å². The van der Waals surface area contributed by atoms with Gasteiger partial charge in [-0.25, -0.2) is 0 Å². The van der Waals surface area contributed by atoms with E-state index < -0.39 is 10.1 Å². The molecular weight excluding hydrogens is 262 g/mol. The summed E-state index contributed by atoms with van der Waals surface area (Å²) in [6.07, 6.45) is 0. The second-order valence-corrected chi connectivity index (χ2v) is 6.39. The molecule has 0 amide bonds. The van der Waals surface area contributed by atoms with E-state index in [4.69, 9.17) is 4.55 Å². The molecule has 0 heterocycles. The molecule has 0 aromatic heterocycles. The van der Waals surface area contributed by atoms with Crippen LogP contribution in [0.4, 0.5) is 0 Å². The van der Waals surface area contributed by atoms with E-state index in [1.807, 2.05) is 6.92 Å². The Morgan fingerprint density at radius 1 is 1.00 bits per heavy atom. The Morgan fingerprint density at radius 3 is 1.53 bits per heavy atom. The van der Waals surface area contributed by atoms with Crippen molar-refractivity contribution in [3.63, 3.8) is 0 Å². The maximum atomic E-state index is 10.5. The molecule has 0 bridgehead atoms. The van der Waals surface area contributed by atoms with E-state index in [-0.39, 0.29) is 17.3 Å². The van der Waals surface area contributed by atoms with E-state index in [0.29, 0.717) is 0 Å². The van der Waals surface area contributed by atoms with Crippen molar-refractivity contribution in [2.24, 2.45) is 0 Å². The van der Waals surface area contributed by atoms with Gasteiger partial charge in [0.2, 0.25) is 0 Å². The van der Waals surface area contributed by atoms with E-state index in [1.54, 1.807) is 12.1 Å². The van der Waals surface area contributed by atoms with Gasteiger partial charge in [-0.3, -0.25) is 4.55 Å². The molecule has 0 spiro atoms. The standard InChI is InChI=1S/C7H8O3S.C4H12N.ClH/c1-6-2-4-7(5-3-6)11(8,9)10;1-5(2,3)4;/h2-5H,1H3,(H,8,9,10);1-4H3;1H/q;+1;/p-1. The fraction of sp³-hybridized carbons (Fsp3) is 0.455. The molecule has 0 saturated carbocycles. The summed E-state index contributed by atoms with van der Waals surface area (Å²) in [4.78, 5) is -0.0666. The Labute approximate surface area is 110 Å². The van der Waals surface area contributed by atoms with E-state index in [1.165, 1.54) is 12.1 Å². The number of aryl methyl sites for hydroxylation is 1. The first-order chi connectivity index (χ1) is 7.00. The third kappa shape index (κ3) is 11.6. The van der Waals surface area contributed by atoms with Crippen LogP contribution in [0.3, 0.4) is 0 Å². The molecule has 0 unspecified atom stereocenters. The topological polar surface area (TPSA) is 54.4 Å². The highest BCUT2D eigenvalue weighted by atomic mass is 35.5. The van der Waals surface area contributed by atoms with Crippen molar-refractivity contribution < 1.29 is 29.9 Å². The molecule has 1 rings (SSSR count). The Balaban J connectivity index is 0. The predicted molar refractivity (Wildman–Crippen MR) is 65.0 cm³/mol. The molecule has 0 aliphatic rings. The molecule has 1 aromatic rings. The first-order valence-electron chi connectivity index (χ1n) is 4.83. The Bertz CT molecular complexity index is 415. The molecule has 0 radical (unpaired) electrons. The van der Waals surface area contributed by atoms with Gasteiger partial charge in [-0.05, 0) is 19.1 Å². The number of hydrogen-bond acceptors (Lipinski definition) is 2. The van der Waals surface area contributed by atoms with Gasteiger partial charge in [-0.1, -0.05) is 17.7 Å². The van der Waals surface area contributed by atoms with Crippen molar-refractivity contribution in [2.75, 3.05) is 28.2 Å². The summed E-state index contributed by atoms with van der Waals surface area (Å²) in [5, 5.41) is 0. The summed E-state index contributed by atoms with van der Waals surface area (Å²) in [6.45, 7) is 1.84. The summed E-state index contributed by atoms with van der Waals surface area (Å²) in [5.74, 6) is 0. The molecule has 17 heavy (non-hydrogen) atoms. The summed E-state index contributed by atoms with van der Waals surface area (Å²) < 4.78 is 30.6. The number of quaternary nitrogens is 1. The summed E-state index contributed by atoms with van der Waals surface area (Å²) in [5.41, 5.74) is 0.956. The van der Waals surface area contributed by atoms with Crippen LogP contribution in [0.2, 0.25) is 0 Å². The summed E-state index contributed by atoms with van der Waals surface area (Å²) in [7, 11) is 4.48. The molecule has 0 atom stereocenters. The van der Waals surface area contributed by atoms with Crippen LogP contribution in [0.1, 0.15) is 5.56 Å². The number of benzene rings is 1. The van der Waals surface area contributed by atoms with Gasteiger partial charge in [0.15, 0.2) is 0 Å². The summed E-state index contributed by atoms with van der Waals surface area (Å²) in [6, 6.07) is 5.99. The molecule has 0 aliphatic heterocycles. The zero-order chi connectivity index (χ0) is 13.0. The van der Waals surface area contributed by atoms with Gasteiger partial charge in [0.1, 0.15) is 0 Å². The van der Waals surface area contributed by atoms with Crippen molar-refractivity contribution >= 4 is 10.1 Å². The van der Waals surface area contributed by atoms with Crippen molar-refractivity contribution in [1.82, 2.24) is 0 Å². The van der Waals surface area contributed by atoms with Crippen LogP contribution in [0.15, 0.2) is 29.2 Å². The lowest BCUT2D eigenvalue weighted by atomic mass is 10.2. The van der Waals surface area contributed by atoms with Gasteiger partial charge in [0.05, 0.1) is 33.1 Å². The Hall–Kier alpha value is -0.620. The average molecular weight is 282 g/mol. The summed E-state index contributed by atoms with van der Waals surface area (Å²) >= 11 is 0. The maximum Gasteiger partial charge on any atom is 0.294 e. The molecule has 1 N–H and O–H groups in total. The zero-order valence-corrected chi connectivity index (χ0v) is 12.4. The number of nitrogens with zero attached hydrogens (tertiary/aromatic N) is 1. The molecule has 0 fully saturated rings. The van der Waals surface area contributed by atoms with Crippen LogP contribution in [-0.2, 0) is 10.1 Å². The minimum Gasteiger partial charge on any atom is -1.00 e. The highest BCUT2D eigenvalue weighted by Crippen LogP contribution is 2.08. The normalized spacial score (nSPS) is 10.9. The smallest absolute Gasteiger partial charge is 0.294 e. The Kier molecular flexibility index (Phi) is 7.67. The minimum atomic E-state index is -4.02. The molecule has 0 aliphatic carbocycles. The second-order valence-electron chi connectivity index (χ2n) is 4.97. The molecule has 1 aromatic carbocycles. The highest BCUT2D eigenvalue weighted by molar-refractivity contribution is 7.85. The van der Waals surface area contributed by atoms with Crippen molar-refractivity contribution in [2.45, 2.75) is 11.8 Å². The fourth-order valence-corrected chi connectivity index (χ4v) is 1.19. The van der Waals surface area contributed by atoms with Crippen LogP contribution in [0.5, 0.6) is 0 Å². The van der Waals surface area contributed by atoms with Gasteiger partial charge in [0.25, 0.3) is 10.1 Å². The van der Waals surface area contributed by atoms with Gasteiger partial charge in [0, 0.05) is 0 Å². The van der Waals surface area contributed by atoms with Crippen LogP contribution < -0.4 is 12.4 Å². The van der Waals surface area contributed by atoms with Crippen molar-refractivity contribution in [1.29, 1.82) is 0 Å². The van der Waals surface area contributed by atoms with Crippen LogP contribution in [-0.4, -0.2) is 45.6 Å². The number of hydrogen-bond donors (Lipinski definition) is 1. The number of rotatable bonds is 1. The first-order valence-corrected chi connectivity index (χ1v) is 6.27. The number of halogens is 1. The van der Waals surface area contributed by atoms with E-state index in [9.17, 15) is 8.42 Å². The highest BCUT2D eigenvalue weighted by Gasteiger charge is 2.06. The second kappa shape index (κ2) is 6.96. The fourth-order valence-electron chi connectivity index (χ4n) is 0.710. The van der Waals surface area contributed by atoms with Crippen molar-refractivity contribution in [3.8, 4) is 0 Å². The molecule has 100 valence electrons. The van der Waals surface area contributed by atoms with E-state index in [0.717, 1.165) is 10.0 Å². The lowest BCUT2D eigenvalue weighted by molar-refractivity contribution is -0.849. The van der Waals surface area contributed by atoms with Gasteiger partial charge < -0.3 is 16.9 Å². The monoisotopic (exact) mass is 281 g/mol. The molecular formula is C11H20ClNO3S. The predicted octanol–water partition coefficient (Wildman–Crippen LogP) is -1.43.